The third-order valence-electron chi connectivity index (χ3n) is 11.8. The highest BCUT2D eigenvalue weighted by Gasteiger charge is 2.30. The summed E-state index contributed by atoms with van der Waals surface area (Å²) in [7, 11) is 0. The van der Waals surface area contributed by atoms with Crippen LogP contribution >= 0.6 is 11.3 Å². The van der Waals surface area contributed by atoms with E-state index in [0.717, 1.165) is 51.5 Å². The molecule has 0 fully saturated rings. The molecular weight excluding hydrogens is 715 g/mol. The molecule has 4 nitrogen and oxygen atoms in total. The second-order valence-electron chi connectivity index (χ2n) is 15.0. The number of rotatable bonds is 4. The minimum absolute atomic E-state index is 0.0949. The molecular formula is C52H33N3OS. The van der Waals surface area contributed by atoms with E-state index in [1.54, 1.807) is 0 Å². The van der Waals surface area contributed by atoms with Gasteiger partial charge in [0.2, 0.25) is 0 Å². The maximum absolute atomic E-state index is 6.21. The lowest BCUT2D eigenvalue weighted by Gasteiger charge is -2.22. The first kappa shape index (κ1) is 32.3. The van der Waals surface area contributed by atoms with Crippen LogP contribution in [-0.2, 0) is 6.42 Å². The van der Waals surface area contributed by atoms with Crippen LogP contribution in [-0.4, -0.2) is 15.0 Å². The number of furan rings is 1. The number of thiophene rings is 1. The molecule has 8 aromatic carbocycles. The fraction of sp³-hybridized carbons (Fsp3) is 0.0577. The van der Waals surface area contributed by atoms with Gasteiger partial charge in [0.25, 0.3) is 0 Å². The van der Waals surface area contributed by atoms with E-state index in [0.29, 0.717) is 17.5 Å². The first-order valence-electron chi connectivity index (χ1n) is 19.5. The average Bonchev–Trinajstić information content (AvgIpc) is 3.80. The molecule has 1 aliphatic rings. The van der Waals surface area contributed by atoms with E-state index >= 15 is 0 Å². The van der Waals surface area contributed by atoms with Crippen molar-refractivity contribution < 1.29 is 4.42 Å². The van der Waals surface area contributed by atoms with Crippen LogP contribution in [0.15, 0.2) is 174 Å². The van der Waals surface area contributed by atoms with Crippen LogP contribution in [0, 0.1) is 0 Å². The highest BCUT2D eigenvalue weighted by atomic mass is 32.1. The average molecular weight is 748 g/mol. The Bertz CT molecular complexity index is 3380. The topological polar surface area (TPSA) is 51.8 Å². The quantitative estimate of drug-likeness (QED) is 0.180. The SMILES string of the molecule is c1ccc(-c2nc(-c3ccc4oc5ccccc5c4c3)nc(-c3ccc4c(sc5ccccc54)c3C3CCc4cc5ccccc5cc4-c4ccccc43)n2)cc1. The lowest BCUT2D eigenvalue weighted by Crippen LogP contribution is -2.07. The van der Waals surface area contributed by atoms with Gasteiger partial charge in [-0.3, -0.25) is 0 Å². The maximum Gasteiger partial charge on any atom is 0.164 e. The smallest absolute Gasteiger partial charge is 0.164 e. The molecule has 0 aliphatic heterocycles. The normalized spacial score (nSPS) is 14.0. The van der Waals surface area contributed by atoms with Gasteiger partial charge in [0.05, 0.1) is 0 Å². The Labute approximate surface area is 332 Å². The van der Waals surface area contributed by atoms with Gasteiger partial charge in [-0.1, -0.05) is 133 Å². The molecule has 5 heteroatoms. The Morgan fingerprint density at radius 3 is 2.07 bits per heavy atom. The van der Waals surface area contributed by atoms with Crippen LogP contribution in [0.2, 0.25) is 0 Å². The second-order valence-corrected chi connectivity index (χ2v) is 16.1. The third-order valence-corrected chi connectivity index (χ3v) is 13.0. The van der Waals surface area contributed by atoms with Gasteiger partial charge in [0.15, 0.2) is 17.5 Å². The molecule has 12 rings (SSSR count). The number of para-hydroxylation sites is 1. The number of hydrogen-bond acceptors (Lipinski definition) is 5. The standard InChI is InChI=1S/C52H33N3OS/c1-2-12-31(13-3-1)50-53-51(35-23-27-46-44(30-35)38-18-8-10-20-45(38)56-46)55-52(54-50)42-26-25-41-39-19-9-11-21-47(39)57-49(41)48(42)40-24-22-34-28-32-14-4-5-15-33(32)29-43(34)37-17-7-6-16-36(37)40/h1-21,23,25-30,40H,22,24H2. The molecule has 57 heavy (non-hydrogen) atoms. The molecule has 268 valence electrons. The summed E-state index contributed by atoms with van der Waals surface area (Å²) in [5.74, 6) is 2.05. The second kappa shape index (κ2) is 12.8. The Morgan fingerprint density at radius 1 is 0.474 bits per heavy atom. The number of aromatic nitrogens is 3. The van der Waals surface area contributed by atoms with Crippen LogP contribution in [0.5, 0.6) is 0 Å². The van der Waals surface area contributed by atoms with Gasteiger partial charge in [0, 0.05) is 53.6 Å². The maximum atomic E-state index is 6.21. The van der Waals surface area contributed by atoms with E-state index < -0.39 is 0 Å². The van der Waals surface area contributed by atoms with Crippen molar-refractivity contribution in [3.8, 4) is 45.3 Å². The van der Waals surface area contributed by atoms with Gasteiger partial charge in [-0.2, -0.15) is 0 Å². The Hall–Kier alpha value is -6.95. The van der Waals surface area contributed by atoms with Gasteiger partial charge in [-0.15, -0.1) is 11.3 Å². The lowest BCUT2D eigenvalue weighted by molar-refractivity contribution is 0.669. The minimum atomic E-state index is 0.0949. The zero-order valence-corrected chi connectivity index (χ0v) is 31.6. The molecule has 11 aromatic rings. The van der Waals surface area contributed by atoms with E-state index in [9.17, 15) is 0 Å². The molecule has 0 N–H and O–H groups in total. The largest absolute Gasteiger partial charge is 0.456 e. The number of aryl methyl sites for hydroxylation is 1. The van der Waals surface area contributed by atoms with Crippen LogP contribution in [0.1, 0.15) is 29.0 Å². The molecule has 0 saturated carbocycles. The van der Waals surface area contributed by atoms with Gasteiger partial charge in [-0.05, 0) is 87.8 Å². The van der Waals surface area contributed by atoms with E-state index in [2.05, 4.69) is 133 Å². The molecule has 1 unspecified atom stereocenters. The Kier molecular flexibility index (Phi) is 7.26. The molecule has 3 aromatic heterocycles. The molecule has 1 aliphatic carbocycles. The van der Waals surface area contributed by atoms with Crippen molar-refractivity contribution in [1.29, 1.82) is 0 Å². The molecule has 3 heterocycles. The van der Waals surface area contributed by atoms with Crippen LogP contribution < -0.4 is 0 Å². The molecule has 0 amide bonds. The summed E-state index contributed by atoms with van der Waals surface area (Å²) in [6.45, 7) is 0. The van der Waals surface area contributed by atoms with Gasteiger partial charge in [0.1, 0.15) is 11.2 Å². The summed E-state index contributed by atoms with van der Waals surface area (Å²) >= 11 is 1.88. The Morgan fingerprint density at radius 2 is 1.18 bits per heavy atom. The molecule has 0 bridgehead atoms. The van der Waals surface area contributed by atoms with Crippen molar-refractivity contribution in [3.05, 3.63) is 187 Å². The molecule has 1 atom stereocenters. The fourth-order valence-corrected chi connectivity index (χ4v) is 10.4. The third kappa shape index (κ3) is 5.23. The van der Waals surface area contributed by atoms with Crippen molar-refractivity contribution >= 4 is 64.2 Å². The van der Waals surface area contributed by atoms with Crippen molar-refractivity contribution in [2.45, 2.75) is 18.8 Å². The highest BCUT2D eigenvalue weighted by molar-refractivity contribution is 7.26. The highest BCUT2D eigenvalue weighted by Crippen LogP contribution is 2.49. The van der Waals surface area contributed by atoms with E-state index in [-0.39, 0.29) is 5.92 Å². The first-order chi connectivity index (χ1) is 28.2. The zero-order chi connectivity index (χ0) is 37.5. The summed E-state index contributed by atoms with van der Waals surface area (Å²) in [6.07, 6.45) is 1.91. The van der Waals surface area contributed by atoms with Crippen LogP contribution in [0.25, 0.3) is 98.2 Å². The van der Waals surface area contributed by atoms with E-state index in [1.165, 1.54) is 58.8 Å². The fourth-order valence-electron chi connectivity index (χ4n) is 9.10. The first-order valence-corrected chi connectivity index (χ1v) is 20.3. The van der Waals surface area contributed by atoms with Crippen molar-refractivity contribution in [3.63, 3.8) is 0 Å². The van der Waals surface area contributed by atoms with Crippen molar-refractivity contribution in [1.82, 2.24) is 15.0 Å². The number of fused-ring (bicyclic) bond motifs is 10. The summed E-state index contributed by atoms with van der Waals surface area (Å²) in [5, 5.41) is 7.22. The van der Waals surface area contributed by atoms with Gasteiger partial charge < -0.3 is 4.42 Å². The van der Waals surface area contributed by atoms with Gasteiger partial charge >= 0.3 is 0 Å². The monoisotopic (exact) mass is 747 g/mol. The predicted octanol–water partition coefficient (Wildman–Crippen LogP) is 14.0. The molecule has 0 spiro atoms. The molecule has 0 radical (unpaired) electrons. The minimum Gasteiger partial charge on any atom is -0.456 e. The number of hydrogen-bond donors (Lipinski definition) is 0. The summed E-state index contributed by atoms with van der Waals surface area (Å²) in [6, 6.07) is 60.7. The van der Waals surface area contributed by atoms with Gasteiger partial charge in [-0.25, -0.2) is 15.0 Å². The van der Waals surface area contributed by atoms with E-state index in [1.807, 2.05) is 47.7 Å². The van der Waals surface area contributed by atoms with Crippen LogP contribution in [0.4, 0.5) is 0 Å². The van der Waals surface area contributed by atoms with E-state index in [4.69, 9.17) is 19.4 Å². The summed E-state index contributed by atoms with van der Waals surface area (Å²) in [4.78, 5) is 15.9. The lowest BCUT2D eigenvalue weighted by atomic mass is 9.82. The summed E-state index contributed by atoms with van der Waals surface area (Å²) in [5.41, 5.74) is 11.3. The van der Waals surface area contributed by atoms with Crippen molar-refractivity contribution in [2.24, 2.45) is 0 Å². The number of benzene rings is 8. The predicted molar refractivity (Wildman–Crippen MR) is 236 cm³/mol. The van der Waals surface area contributed by atoms with Crippen LogP contribution in [0.3, 0.4) is 0 Å². The zero-order valence-electron chi connectivity index (χ0n) is 30.8. The summed E-state index contributed by atoms with van der Waals surface area (Å²) < 4.78 is 8.78. The van der Waals surface area contributed by atoms with Crippen molar-refractivity contribution in [2.75, 3.05) is 0 Å². The number of nitrogens with zero attached hydrogens (tertiary/aromatic N) is 3. The molecule has 0 saturated heterocycles. The Balaban J connectivity index is 1.12.